The van der Waals surface area contributed by atoms with Crippen molar-refractivity contribution in [1.29, 1.82) is 0 Å². The van der Waals surface area contributed by atoms with E-state index in [-0.39, 0.29) is 5.91 Å². The summed E-state index contributed by atoms with van der Waals surface area (Å²) in [6, 6.07) is 7.33. The van der Waals surface area contributed by atoms with Gasteiger partial charge in [-0.3, -0.25) is 9.59 Å². The Morgan fingerprint density at radius 3 is 2.10 bits per heavy atom. The molecule has 0 saturated carbocycles. The maximum atomic E-state index is 12.7. The number of nitrogens with two attached hydrogens (primary N) is 3. The average molecular weight is 406 g/mol. The molecule has 29 heavy (non-hydrogen) atoms. The van der Waals surface area contributed by atoms with Crippen LogP contribution in [0.1, 0.15) is 44.1 Å². The minimum Gasteiger partial charge on any atom is -0.345 e. The monoisotopic (exact) mass is 405 g/mol. The van der Waals surface area contributed by atoms with E-state index in [2.05, 4.69) is 10.6 Å². The summed E-state index contributed by atoms with van der Waals surface area (Å²) in [4.78, 5) is 36.5. The van der Waals surface area contributed by atoms with E-state index in [0.29, 0.717) is 45.1 Å². The second-order valence-electron chi connectivity index (χ2n) is 7.18. The molecule has 0 aliphatic carbocycles. The van der Waals surface area contributed by atoms with Crippen LogP contribution in [0.25, 0.3) is 0 Å². The quantitative estimate of drug-likeness (QED) is 0.204. The van der Waals surface area contributed by atoms with Crippen molar-refractivity contribution in [2.75, 3.05) is 13.1 Å². The number of aldehydes is 1. The molecule has 3 atom stereocenters. The Morgan fingerprint density at radius 1 is 0.897 bits per heavy atom. The van der Waals surface area contributed by atoms with E-state index in [1.807, 2.05) is 30.3 Å². The minimum absolute atomic E-state index is 0.375. The second kappa shape index (κ2) is 14.7. The molecule has 0 saturated heterocycles. The number of benzene rings is 1. The van der Waals surface area contributed by atoms with Crippen LogP contribution in [-0.2, 0) is 20.8 Å². The van der Waals surface area contributed by atoms with E-state index in [4.69, 9.17) is 17.2 Å². The van der Waals surface area contributed by atoms with Crippen molar-refractivity contribution in [2.24, 2.45) is 17.2 Å². The number of hydrogen-bond donors (Lipinski definition) is 5. The van der Waals surface area contributed by atoms with Crippen molar-refractivity contribution in [3.8, 4) is 0 Å². The maximum absolute atomic E-state index is 12.7. The Labute approximate surface area is 173 Å². The van der Waals surface area contributed by atoms with E-state index in [9.17, 15) is 14.4 Å². The zero-order valence-corrected chi connectivity index (χ0v) is 17.0. The molecule has 1 rings (SSSR count). The highest BCUT2D eigenvalue weighted by atomic mass is 16.2. The molecular formula is C21H35N5O3. The van der Waals surface area contributed by atoms with Gasteiger partial charge in [-0.25, -0.2) is 0 Å². The highest BCUT2D eigenvalue weighted by Gasteiger charge is 2.25. The average Bonchev–Trinajstić information content (AvgIpc) is 2.73. The first-order valence-electron chi connectivity index (χ1n) is 10.3. The van der Waals surface area contributed by atoms with Crippen molar-refractivity contribution in [3.05, 3.63) is 35.9 Å². The van der Waals surface area contributed by atoms with Gasteiger partial charge >= 0.3 is 0 Å². The van der Waals surface area contributed by atoms with Crippen LogP contribution in [0.4, 0.5) is 0 Å². The Balaban J connectivity index is 2.67. The summed E-state index contributed by atoms with van der Waals surface area (Å²) < 4.78 is 0. The molecule has 0 aromatic heterocycles. The van der Waals surface area contributed by atoms with Crippen molar-refractivity contribution in [3.63, 3.8) is 0 Å². The summed E-state index contributed by atoms with van der Waals surface area (Å²) in [6.07, 6.45) is 4.99. The first-order valence-corrected chi connectivity index (χ1v) is 10.3. The number of amides is 2. The van der Waals surface area contributed by atoms with Gasteiger partial charge in [0.2, 0.25) is 11.8 Å². The smallest absolute Gasteiger partial charge is 0.243 e. The lowest BCUT2D eigenvalue weighted by Crippen LogP contribution is -2.53. The highest BCUT2D eigenvalue weighted by Crippen LogP contribution is 2.06. The predicted octanol–water partition coefficient (Wildman–Crippen LogP) is -0.0171. The van der Waals surface area contributed by atoms with Gasteiger partial charge in [0.15, 0.2) is 0 Å². The molecule has 0 bridgehead atoms. The van der Waals surface area contributed by atoms with Crippen molar-refractivity contribution >= 4 is 18.1 Å². The number of hydrogen-bond acceptors (Lipinski definition) is 6. The molecule has 0 fully saturated rings. The third kappa shape index (κ3) is 10.2. The summed E-state index contributed by atoms with van der Waals surface area (Å²) >= 11 is 0. The highest BCUT2D eigenvalue weighted by molar-refractivity contribution is 5.90. The van der Waals surface area contributed by atoms with E-state index >= 15 is 0 Å². The number of unbranched alkanes of at least 4 members (excludes halogenated alkanes) is 2. The van der Waals surface area contributed by atoms with Crippen LogP contribution in [0, 0.1) is 0 Å². The van der Waals surface area contributed by atoms with Gasteiger partial charge in [-0.05, 0) is 63.6 Å². The zero-order valence-electron chi connectivity index (χ0n) is 17.0. The van der Waals surface area contributed by atoms with Crippen LogP contribution in [0.3, 0.4) is 0 Å². The maximum Gasteiger partial charge on any atom is 0.243 e. The standard InChI is InChI=1S/C21H35N5O3/c22-12-6-4-10-17(15-27)25-21(29)19(11-5-7-13-23)26-20(28)18(24)14-16-8-2-1-3-9-16/h1-3,8-9,15,17-19H,4-7,10-14,22-24H2,(H,25,29)(H,26,28)/t17-,18-,19-/m0/s1. The molecule has 1 aromatic rings. The molecule has 8 heteroatoms. The molecule has 0 unspecified atom stereocenters. The summed E-state index contributed by atoms with van der Waals surface area (Å²) in [5.74, 6) is -0.778. The first kappa shape index (κ1) is 24.7. The number of carbonyl (C=O) groups is 3. The zero-order chi connectivity index (χ0) is 21.5. The molecule has 0 radical (unpaired) electrons. The SMILES string of the molecule is NCCCC[C@@H](C=O)NC(=O)[C@H](CCCCN)NC(=O)[C@@H](N)Cc1ccccc1. The number of rotatable bonds is 15. The summed E-state index contributed by atoms with van der Waals surface area (Å²) in [7, 11) is 0. The van der Waals surface area contributed by atoms with Gasteiger partial charge in [-0.1, -0.05) is 30.3 Å². The molecule has 2 amide bonds. The largest absolute Gasteiger partial charge is 0.345 e. The van der Waals surface area contributed by atoms with E-state index in [1.165, 1.54) is 0 Å². The molecule has 1 aromatic carbocycles. The van der Waals surface area contributed by atoms with Gasteiger partial charge in [-0.2, -0.15) is 0 Å². The van der Waals surface area contributed by atoms with Crippen molar-refractivity contribution in [2.45, 2.75) is 63.1 Å². The van der Waals surface area contributed by atoms with Gasteiger partial charge in [0.1, 0.15) is 12.3 Å². The molecule has 8 N–H and O–H groups in total. The molecule has 0 aliphatic heterocycles. The van der Waals surface area contributed by atoms with Crippen LogP contribution in [-0.4, -0.2) is 49.3 Å². The van der Waals surface area contributed by atoms with Crippen LogP contribution in [0.15, 0.2) is 30.3 Å². The molecule has 0 spiro atoms. The van der Waals surface area contributed by atoms with Gasteiger partial charge in [0, 0.05) is 0 Å². The van der Waals surface area contributed by atoms with E-state index < -0.39 is 24.0 Å². The Kier molecular flexibility index (Phi) is 12.5. The third-order valence-corrected chi connectivity index (χ3v) is 4.68. The third-order valence-electron chi connectivity index (χ3n) is 4.68. The Bertz CT molecular complexity index is 612. The lowest BCUT2D eigenvalue weighted by Gasteiger charge is -2.22. The van der Waals surface area contributed by atoms with Crippen LogP contribution >= 0.6 is 0 Å². The summed E-state index contributed by atoms with van der Waals surface area (Å²) in [6.45, 7) is 1.04. The van der Waals surface area contributed by atoms with Gasteiger partial charge < -0.3 is 32.6 Å². The lowest BCUT2D eigenvalue weighted by molar-refractivity contribution is -0.130. The number of carbonyl (C=O) groups excluding carboxylic acids is 3. The molecule has 8 nitrogen and oxygen atoms in total. The summed E-state index contributed by atoms with van der Waals surface area (Å²) in [5, 5.41) is 5.45. The second-order valence-corrected chi connectivity index (χ2v) is 7.18. The van der Waals surface area contributed by atoms with Gasteiger partial charge in [-0.15, -0.1) is 0 Å². The topological polar surface area (TPSA) is 153 Å². The van der Waals surface area contributed by atoms with E-state index in [1.54, 1.807) is 0 Å². The molecule has 0 heterocycles. The predicted molar refractivity (Wildman–Crippen MR) is 114 cm³/mol. The normalized spacial score (nSPS) is 13.9. The Hall–Kier alpha value is -2.29. The summed E-state index contributed by atoms with van der Waals surface area (Å²) in [5.41, 5.74) is 18.0. The van der Waals surface area contributed by atoms with Gasteiger partial charge in [0.25, 0.3) is 0 Å². The fourth-order valence-electron chi connectivity index (χ4n) is 2.97. The van der Waals surface area contributed by atoms with Crippen LogP contribution in [0.5, 0.6) is 0 Å². The molecule has 0 aliphatic rings. The lowest BCUT2D eigenvalue weighted by atomic mass is 10.0. The van der Waals surface area contributed by atoms with Crippen LogP contribution in [0.2, 0.25) is 0 Å². The minimum atomic E-state index is -0.770. The fraction of sp³-hybridized carbons (Fsp3) is 0.571. The molecular weight excluding hydrogens is 370 g/mol. The van der Waals surface area contributed by atoms with E-state index in [0.717, 1.165) is 24.8 Å². The van der Waals surface area contributed by atoms with Crippen molar-refractivity contribution in [1.82, 2.24) is 10.6 Å². The fourth-order valence-corrected chi connectivity index (χ4v) is 2.97. The van der Waals surface area contributed by atoms with Crippen molar-refractivity contribution < 1.29 is 14.4 Å². The van der Waals surface area contributed by atoms with Crippen LogP contribution < -0.4 is 27.8 Å². The first-order chi connectivity index (χ1) is 14.0. The van der Waals surface area contributed by atoms with Gasteiger partial charge in [0.05, 0.1) is 12.1 Å². The Morgan fingerprint density at radius 2 is 1.52 bits per heavy atom. The molecule has 162 valence electrons. The number of nitrogens with one attached hydrogen (secondary N) is 2.